The molecule has 204 valence electrons. The lowest BCUT2D eigenvalue weighted by atomic mass is 9.98. The van der Waals surface area contributed by atoms with Crippen LogP contribution in [0.15, 0.2) is 24.3 Å². The molecule has 12 nitrogen and oxygen atoms in total. The molecule has 1 aromatic carbocycles. The van der Waals surface area contributed by atoms with E-state index in [1.807, 2.05) is 6.92 Å². The summed E-state index contributed by atoms with van der Waals surface area (Å²) in [7, 11) is 0. The summed E-state index contributed by atoms with van der Waals surface area (Å²) < 4.78 is 27.6. The predicted octanol–water partition coefficient (Wildman–Crippen LogP) is -1.54. The second kappa shape index (κ2) is 12.6. The number of aliphatic hydroxyl groups excluding tert-OH is 5. The van der Waals surface area contributed by atoms with E-state index in [1.54, 1.807) is 31.2 Å². The fourth-order valence-electron chi connectivity index (χ4n) is 3.85. The molecule has 1 aromatic rings. The highest BCUT2D eigenvalue weighted by Gasteiger charge is 2.54. The van der Waals surface area contributed by atoms with Crippen molar-refractivity contribution in [3.63, 3.8) is 0 Å². The molecule has 0 radical (unpaired) electrons. The van der Waals surface area contributed by atoms with Crippen LogP contribution < -0.4 is 4.74 Å². The molecule has 12 heteroatoms. The number of carbonyl (C=O) groups excluding carboxylic acids is 1. The van der Waals surface area contributed by atoms with Crippen molar-refractivity contribution >= 4 is 5.97 Å². The molecule has 9 atom stereocenters. The first-order valence-corrected chi connectivity index (χ1v) is 12.0. The molecule has 36 heavy (non-hydrogen) atoms. The monoisotopic (exact) mass is 516 g/mol. The van der Waals surface area contributed by atoms with E-state index in [0.717, 1.165) is 5.56 Å². The van der Waals surface area contributed by atoms with E-state index in [9.17, 15) is 30.3 Å². The standard InChI is InChI=1S/C24H36O12/c1-3-13(2)21(30)32-11-24(31)12-33-23(20(24)29)36-19-18(28)17(27)16(10-26)35-22(19)34-15-6-4-14(5-7-15)8-9-25/h4-7,13,16-20,22-23,25-29,31H,3,8-12H2,1-2H3/t13-,16+,17+,18-,19+,20-,22+,23-,24+/m0/s1. The van der Waals surface area contributed by atoms with Crippen molar-refractivity contribution in [2.45, 2.75) is 75.4 Å². The number of esters is 1. The van der Waals surface area contributed by atoms with E-state index in [-0.39, 0.29) is 12.5 Å². The minimum atomic E-state index is -1.96. The number of ether oxygens (including phenoxy) is 5. The van der Waals surface area contributed by atoms with Crippen LogP contribution in [-0.2, 0) is 30.2 Å². The Morgan fingerprint density at radius 1 is 1.14 bits per heavy atom. The van der Waals surface area contributed by atoms with Crippen molar-refractivity contribution in [2.75, 3.05) is 26.4 Å². The Morgan fingerprint density at radius 3 is 2.44 bits per heavy atom. The van der Waals surface area contributed by atoms with Gasteiger partial charge >= 0.3 is 5.97 Å². The zero-order chi connectivity index (χ0) is 26.5. The van der Waals surface area contributed by atoms with Gasteiger partial charge in [-0.05, 0) is 30.5 Å². The Bertz CT molecular complexity index is 835. The molecule has 0 spiro atoms. The van der Waals surface area contributed by atoms with Gasteiger partial charge in [0.05, 0.1) is 19.1 Å². The fraction of sp³-hybridized carbons (Fsp3) is 0.708. The van der Waals surface area contributed by atoms with Gasteiger partial charge in [0.25, 0.3) is 0 Å². The normalized spacial score (nSPS) is 35.4. The number of rotatable bonds is 11. The molecule has 0 aromatic heterocycles. The topological polar surface area (TPSA) is 185 Å². The molecule has 0 unspecified atom stereocenters. The molecule has 2 heterocycles. The van der Waals surface area contributed by atoms with Crippen molar-refractivity contribution < 1.29 is 59.1 Å². The average Bonchev–Trinajstić information content (AvgIpc) is 3.16. The summed E-state index contributed by atoms with van der Waals surface area (Å²) in [5.74, 6) is -0.599. The third-order valence-electron chi connectivity index (χ3n) is 6.48. The lowest BCUT2D eigenvalue weighted by Crippen LogP contribution is -2.62. The van der Waals surface area contributed by atoms with Crippen molar-refractivity contribution in [3.8, 4) is 5.75 Å². The van der Waals surface area contributed by atoms with Crippen LogP contribution in [0, 0.1) is 5.92 Å². The Morgan fingerprint density at radius 2 is 1.83 bits per heavy atom. The van der Waals surface area contributed by atoms with Crippen LogP contribution in [0.2, 0.25) is 0 Å². The Labute approximate surface area is 208 Å². The third-order valence-corrected chi connectivity index (χ3v) is 6.48. The van der Waals surface area contributed by atoms with E-state index in [0.29, 0.717) is 18.6 Å². The molecule has 2 aliphatic heterocycles. The lowest BCUT2D eigenvalue weighted by molar-refractivity contribution is -0.318. The molecule has 0 bridgehead atoms. The van der Waals surface area contributed by atoms with Gasteiger partial charge in [-0.15, -0.1) is 0 Å². The second-order valence-corrected chi connectivity index (χ2v) is 9.19. The average molecular weight is 517 g/mol. The number of aliphatic hydroxyl groups is 6. The smallest absolute Gasteiger partial charge is 0.308 e. The Kier molecular flexibility index (Phi) is 10.0. The van der Waals surface area contributed by atoms with Gasteiger partial charge in [0.15, 0.2) is 18.0 Å². The molecule has 2 saturated heterocycles. The number of hydrogen-bond acceptors (Lipinski definition) is 12. The molecule has 2 fully saturated rings. The number of benzene rings is 1. The SMILES string of the molecule is CC[C@H](C)C(=O)OC[C@@]1(O)CO[C@@H](O[C@H]2[C@H](Oc3ccc(CCO)cc3)O[C@H](CO)[C@@H](O)[C@@H]2O)[C@@H]1O. The summed E-state index contributed by atoms with van der Waals surface area (Å²) in [4.78, 5) is 12.0. The molecule has 2 aliphatic rings. The molecule has 0 aliphatic carbocycles. The molecular formula is C24H36O12. The van der Waals surface area contributed by atoms with Gasteiger partial charge in [-0.25, -0.2) is 0 Å². The van der Waals surface area contributed by atoms with E-state index in [4.69, 9.17) is 28.8 Å². The van der Waals surface area contributed by atoms with Crippen LogP contribution in [-0.4, -0.2) is 112 Å². The first-order chi connectivity index (χ1) is 17.1. The first kappa shape index (κ1) is 28.7. The highest BCUT2D eigenvalue weighted by molar-refractivity contribution is 5.71. The van der Waals surface area contributed by atoms with Gasteiger partial charge < -0.3 is 54.3 Å². The minimum absolute atomic E-state index is 0.0169. The zero-order valence-corrected chi connectivity index (χ0v) is 20.3. The maximum atomic E-state index is 12.0. The summed E-state index contributed by atoms with van der Waals surface area (Å²) in [6.45, 7) is 1.91. The van der Waals surface area contributed by atoms with Crippen molar-refractivity contribution in [2.24, 2.45) is 5.92 Å². The first-order valence-electron chi connectivity index (χ1n) is 12.0. The Balaban J connectivity index is 1.71. The number of carbonyl (C=O) groups is 1. The van der Waals surface area contributed by atoms with Crippen LogP contribution >= 0.6 is 0 Å². The quantitative estimate of drug-likeness (QED) is 0.187. The van der Waals surface area contributed by atoms with E-state index >= 15 is 0 Å². The zero-order valence-electron chi connectivity index (χ0n) is 20.3. The van der Waals surface area contributed by atoms with Gasteiger partial charge in [-0.2, -0.15) is 0 Å². The minimum Gasteiger partial charge on any atom is -0.462 e. The number of hydrogen-bond donors (Lipinski definition) is 6. The summed E-state index contributed by atoms with van der Waals surface area (Å²) in [6, 6.07) is 6.68. The molecule has 0 saturated carbocycles. The summed E-state index contributed by atoms with van der Waals surface area (Å²) in [6.07, 6.45) is -9.20. The molecule has 3 rings (SSSR count). The summed E-state index contributed by atoms with van der Waals surface area (Å²) >= 11 is 0. The van der Waals surface area contributed by atoms with E-state index in [1.165, 1.54) is 0 Å². The fourth-order valence-corrected chi connectivity index (χ4v) is 3.85. The second-order valence-electron chi connectivity index (χ2n) is 9.19. The van der Waals surface area contributed by atoms with E-state index in [2.05, 4.69) is 0 Å². The van der Waals surface area contributed by atoms with Crippen LogP contribution in [0.5, 0.6) is 5.75 Å². The van der Waals surface area contributed by atoms with Gasteiger partial charge in [-0.1, -0.05) is 26.0 Å². The van der Waals surface area contributed by atoms with Crippen molar-refractivity contribution in [1.29, 1.82) is 0 Å². The van der Waals surface area contributed by atoms with Gasteiger partial charge in [0.1, 0.15) is 36.8 Å². The Hall–Kier alpha value is -1.87. The third kappa shape index (κ3) is 6.52. The highest BCUT2D eigenvalue weighted by Crippen LogP contribution is 2.32. The summed E-state index contributed by atoms with van der Waals surface area (Å²) in [5, 5.41) is 61.1. The maximum absolute atomic E-state index is 12.0. The van der Waals surface area contributed by atoms with E-state index < -0.39 is 74.5 Å². The van der Waals surface area contributed by atoms with Gasteiger partial charge in [0.2, 0.25) is 6.29 Å². The molecule has 0 amide bonds. The maximum Gasteiger partial charge on any atom is 0.308 e. The van der Waals surface area contributed by atoms with Crippen LogP contribution in [0.25, 0.3) is 0 Å². The van der Waals surface area contributed by atoms with Gasteiger partial charge in [-0.3, -0.25) is 4.79 Å². The van der Waals surface area contributed by atoms with Crippen LogP contribution in [0.4, 0.5) is 0 Å². The lowest BCUT2D eigenvalue weighted by Gasteiger charge is -2.42. The van der Waals surface area contributed by atoms with Crippen molar-refractivity contribution in [3.05, 3.63) is 29.8 Å². The largest absolute Gasteiger partial charge is 0.462 e. The predicted molar refractivity (Wildman–Crippen MR) is 122 cm³/mol. The van der Waals surface area contributed by atoms with Crippen LogP contribution in [0.1, 0.15) is 25.8 Å². The molecule has 6 N–H and O–H groups in total. The summed E-state index contributed by atoms with van der Waals surface area (Å²) in [5.41, 5.74) is -1.10. The highest BCUT2D eigenvalue weighted by atomic mass is 16.8. The van der Waals surface area contributed by atoms with Crippen LogP contribution in [0.3, 0.4) is 0 Å². The van der Waals surface area contributed by atoms with Crippen molar-refractivity contribution in [1.82, 2.24) is 0 Å². The molecular weight excluding hydrogens is 480 g/mol. The van der Waals surface area contributed by atoms with Gasteiger partial charge in [0, 0.05) is 6.61 Å².